The van der Waals surface area contributed by atoms with Crippen molar-refractivity contribution >= 4 is 5.97 Å². The molecule has 17 heavy (non-hydrogen) atoms. The topological polar surface area (TPSA) is 55.8 Å². The van der Waals surface area contributed by atoms with Crippen LogP contribution < -0.4 is 0 Å². The van der Waals surface area contributed by atoms with Gasteiger partial charge in [-0.15, -0.1) is 0 Å². The lowest BCUT2D eigenvalue weighted by Crippen LogP contribution is -2.35. The largest absolute Gasteiger partial charge is 0.481 e. The van der Waals surface area contributed by atoms with E-state index in [0.29, 0.717) is 0 Å². The SMILES string of the molecule is CC(C)(C)OCCOCC(C(=O)O)C(F)(F)F. The van der Waals surface area contributed by atoms with Crippen molar-refractivity contribution in [1.82, 2.24) is 0 Å². The molecule has 0 aliphatic heterocycles. The van der Waals surface area contributed by atoms with Gasteiger partial charge in [0.2, 0.25) is 0 Å². The summed E-state index contributed by atoms with van der Waals surface area (Å²) in [5.41, 5.74) is -0.403. The molecule has 102 valence electrons. The molecule has 0 aromatic rings. The minimum Gasteiger partial charge on any atom is -0.481 e. The van der Waals surface area contributed by atoms with Crippen molar-refractivity contribution in [2.75, 3.05) is 19.8 Å². The third-order valence-electron chi connectivity index (χ3n) is 1.74. The number of carboxylic acid groups (broad SMARTS) is 1. The Bertz CT molecular complexity index is 245. The lowest BCUT2D eigenvalue weighted by Gasteiger charge is -2.20. The zero-order valence-electron chi connectivity index (χ0n) is 10.0. The Morgan fingerprint density at radius 2 is 1.76 bits per heavy atom. The summed E-state index contributed by atoms with van der Waals surface area (Å²) in [4.78, 5) is 10.3. The minimum atomic E-state index is -4.79. The summed E-state index contributed by atoms with van der Waals surface area (Å²) < 4.78 is 46.4. The minimum absolute atomic E-state index is 0.0723. The van der Waals surface area contributed by atoms with Crippen LogP contribution >= 0.6 is 0 Å². The van der Waals surface area contributed by atoms with Gasteiger partial charge in [0.1, 0.15) is 0 Å². The lowest BCUT2D eigenvalue weighted by molar-refractivity contribution is -0.203. The normalized spacial score (nSPS) is 14.7. The van der Waals surface area contributed by atoms with Gasteiger partial charge in [0.05, 0.1) is 25.4 Å². The van der Waals surface area contributed by atoms with E-state index in [-0.39, 0.29) is 13.2 Å². The third-order valence-corrected chi connectivity index (χ3v) is 1.74. The van der Waals surface area contributed by atoms with Crippen molar-refractivity contribution in [1.29, 1.82) is 0 Å². The maximum absolute atomic E-state index is 12.2. The second-order valence-corrected chi connectivity index (χ2v) is 4.47. The Hall–Kier alpha value is -0.820. The van der Waals surface area contributed by atoms with E-state index in [2.05, 4.69) is 4.74 Å². The molecule has 0 spiro atoms. The Morgan fingerprint density at radius 3 is 2.12 bits per heavy atom. The first-order chi connectivity index (χ1) is 7.54. The number of carbonyl (C=O) groups is 1. The van der Waals surface area contributed by atoms with Crippen molar-refractivity contribution in [2.24, 2.45) is 5.92 Å². The average Bonchev–Trinajstić information content (AvgIpc) is 2.05. The molecule has 0 radical (unpaired) electrons. The van der Waals surface area contributed by atoms with E-state index in [1.54, 1.807) is 20.8 Å². The third kappa shape index (κ3) is 7.98. The number of hydrogen-bond acceptors (Lipinski definition) is 3. The summed E-state index contributed by atoms with van der Waals surface area (Å²) in [6, 6.07) is 0. The number of ether oxygens (including phenoxy) is 2. The second kappa shape index (κ2) is 6.20. The Morgan fingerprint density at radius 1 is 1.24 bits per heavy atom. The monoisotopic (exact) mass is 258 g/mol. The molecule has 4 nitrogen and oxygen atoms in total. The first-order valence-corrected chi connectivity index (χ1v) is 5.05. The number of carboxylic acids is 1. The molecule has 7 heteroatoms. The van der Waals surface area contributed by atoms with Gasteiger partial charge in [-0.05, 0) is 20.8 Å². The zero-order chi connectivity index (χ0) is 13.7. The molecule has 1 atom stereocenters. The predicted octanol–water partition coefficient (Wildman–Crippen LogP) is 2.08. The Labute approximate surface area is 97.7 Å². The molecule has 0 amide bonds. The van der Waals surface area contributed by atoms with Gasteiger partial charge in [0.25, 0.3) is 0 Å². The maximum atomic E-state index is 12.2. The molecule has 0 aromatic carbocycles. The fraction of sp³-hybridized carbons (Fsp3) is 0.900. The smallest absolute Gasteiger partial charge is 0.404 e. The Kier molecular flexibility index (Phi) is 5.91. The zero-order valence-corrected chi connectivity index (χ0v) is 10.0. The van der Waals surface area contributed by atoms with Crippen LogP contribution in [0.15, 0.2) is 0 Å². The molecule has 0 aliphatic rings. The number of hydrogen-bond donors (Lipinski definition) is 1. The van der Waals surface area contributed by atoms with E-state index in [1.807, 2.05) is 0 Å². The van der Waals surface area contributed by atoms with Gasteiger partial charge in [0, 0.05) is 0 Å². The van der Waals surface area contributed by atoms with Crippen molar-refractivity contribution in [3.05, 3.63) is 0 Å². The molecule has 1 unspecified atom stereocenters. The van der Waals surface area contributed by atoms with Gasteiger partial charge < -0.3 is 14.6 Å². The van der Waals surface area contributed by atoms with Crippen LogP contribution in [0.4, 0.5) is 13.2 Å². The second-order valence-electron chi connectivity index (χ2n) is 4.47. The maximum Gasteiger partial charge on any atom is 0.404 e. The summed E-state index contributed by atoms with van der Waals surface area (Å²) in [6.07, 6.45) is -4.79. The van der Waals surface area contributed by atoms with Gasteiger partial charge >= 0.3 is 12.1 Å². The van der Waals surface area contributed by atoms with E-state index in [9.17, 15) is 18.0 Å². The molecule has 1 N–H and O–H groups in total. The predicted molar refractivity (Wildman–Crippen MR) is 53.7 cm³/mol. The van der Waals surface area contributed by atoms with Gasteiger partial charge in [0.15, 0.2) is 5.92 Å². The fourth-order valence-corrected chi connectivity index (χ4v) is 0.914. The highest BCUT2D eigenvalue weighted by atomic mass is 19.4. The van der Waals surface area contributed by atoms with Crippen molar-refractivity contribution in [2.45, 2.75) is 32.5 Å². The highest BCUT2D eigenvalue weighted by Gasteiger charge is 2.45. The molecular weight excluding hydrogens is 241 g/mol. The summed E-state index contributed by atoms with van der Waals surface area (Å²) in [5, 5.41) is 8.36. The van der Waals surface area contributed by atoms with Gasteiger partial charge in [-0.2, -0.15) is 13.2 Å². The van der Waals surface area contributed by atoms with Crippen molar-refractivity contribution in [3.63, 3.8) is 0 Å². The van der Waals surface area contributed by atoms with E-state index >= 15 is 0 Å². The van der Waals surface area contributed by atoms with Gasteiger partial charge in [-0.25, -0.2) is 0 Å². The molecule has 0 fully saturated rings. The highest BCUT2D eigenvalue weighted by molar-refractivity contribution is 5.71. The average molecular weight is 258 g/mol. The van der Waals surface area contributed by atoms with Crippen LogP contribution in [0.25, 0.3) is 0 Å². The first-order valence-electron chi connectivity index (χ1n) is 5.05. The summed E-state index contributed by atoms with van der Waals surface area (Å²) in [5.74, 6) is -4.42. The standard InChI is InChI=1S/C10H17F3O4/c1-9(2,3)17-5-4-16-6-7(8(14)15)10(11,12)13/h7H,4-6H2,1-3H3,(H,14,15). The van der Waals surface area contributed by atoms with Gasteiger partial charge in [-0.1, -0.05) is 0 Å². The first kappa shape index (κ1) is 16.2. The van der Waals surface area contributed by atoms with Crippen LogP contribution in [-0.4, -0.2) is 42.7 Å². The van der Waals surface area contributed by atoms with Crippen LogP contribution in [0.1, 0.15) is 20.8 Å². The van der Waals surface area contributed by atoms with Crippen LogP contribution in [0, 0.1) is 5.92 Å². The lowest BCUT2D eigenvalue weighted by atomic mass is 10.1. The molecule has 0 aliphatic carbocycles. The summed E-state index contributed by atoms with van der Waals surface area (Å²) in [6.45, 7) is 4.53. The van der Waals surface area contributed by atoms with Crippen LogP contribution in [0.2, 0.25) is 0 Å². The van der Waals surface area contributed by atoms with Crippen LogP contribution in [0.5, 0.6) is 0 Å². The number of alkyl halides is 3. The van der Waals surface area contributed by atoms with E-state index in [4.69, 9.17) is 9.84 Å². The molecule has 0 rings (SSSR count). The molecule has 0 saturated heterocycles. The highest BCUT2D eigenvalue weighted by Crippen LogP contribution is 2.26. The quantitative estimate of drug-likeness (QED) is 0.741. The van der Waals surface area contributed by atoms with E-state index in [1.165, 1.54) is 0 Å². The number of halogens is 3. The fourth-order valence-electron chi connectivity index (χ4n) is 0.914. The van der Waals surface area contributed by atoms with Crippen LogP contribution in [-0.2, 0) is 14.3 Å². The number of rotatable bonds is 6. The molecule has 0 heterocycles. The molecule has 0 saturated carbocycles. The van der Waals surface area contributed by atoms with E-state index < -0.39 is 30.3 Å². The van der Waals surface area contributed by atoms with Crippen LogP contribution in [0.3, 0.4) is 0 Å². The molecule has 0 bridgehead atoms. The van der Waals surface area contributed by atoms with Crippen molar-refractivity contribution in [3.8, 4) is 0 Å². The summed E-state index contributed by atoms with van der Waals surface area (Å²) in [7, 11) is 0. The summed E-state index contributed by atoms with van der Waals surface area (Å²) >= 11 is 0. The Balaban J connectivity index is 3.90. The van der Waals surface area contributed by atoms with Gasteiger partial charge in [-0.3, -0.25) is 4.79 Å². The molecular formula is C10H17F3O4. The number of aliphatic carboxylic acids is 1. The molecule has 0 aromatic heterocycles. The van der Waals surface area contributed by atoms with Crippen molar-refractivity contribution < 1.29 is 32.5 Å². The van der Waals surface area contributed by atoms with E-state index in [0.717, 1.165) is 0 Å².